The second-order valence-corrected chi connectivity index (χ2v) is 5.43. The van der Waals surface area contributed by atoms with E-state index >= 15 is 0 Å². The SMILES string of the molecule is Cc1cc(F)c(-c2ccc(CNC3CC3)cc2)cc1F. The second kappa shape index (κ2) is 5.33. The molecule has 0 bridgehead atoms. The van der Waals surface area contributed by atoms with Gasteiger partial charge in [-0.05, 0) is 48.6 Å². The van der Waals surface area contributed by atoms with Gasteiger partial charge in [-0.25, -0.2) is 8.78 Å². The minimum absolute atomic E-state index is 0.315. The standard InChI is InChI=1S/C17H17F2N/c1-11-8-17(19)15(9-16(11)18)13-4-2-12(3-5-13)10-20-14-6-7-14/h2-5,8-9,14,20H,6-7,10H2,1H3. The Morgan fingerprint density at radius 1 is 1.05 bits per heavy atom. The van der Waals surface area contributed by atoms with Gasteiger partial charge in [0.1, 0.15) is 11.6 Å². The Labute approximate surface area is 117 Å². The first-order valence-electron chi connectivity index (χ1n) is 6.92. The van der Waals surface area contributed by atoms with Gasteiger partial charge >= 0.3 is 0 Å². The van der Waals surface area contributed by atoms with Gasteiger partial charge in [-0.15, -0.1) is 0 Å². The zero-order valence-corrected chi connectivity index (χ0v) is 11.4. The lowest BCUT2D eigenvalue weighted by Gasteiger charge is -2.08. The Bertz CT molecular complexity index is 616. The minimum atomic E-state index is -0.382. The van der Waals surface area contributed by atoms with Gasteiger partial charge in [-0.3, -0.25) is 0 Å². The Morgan fingerprint density at radius 2 is 1.75 bits per heavy atom. The number of benzene rings is 2. The summed E-state index contributed by atoms with van der Waals surface area (Å²) in [7, 11) is 0. The molecule has 0 amide bonds. The maximum Gasteiger partial charge on any atom is 0.131 e. The van der Waals surface area contributed by atoms with Crippen LogP contribution >= 0.6 is 0 Å². The van der Waals surface area contributed by atoms with E-state index in [9.17, 15) is 8.78 Å². The topological polar surface area (TPSA) is 12.0 Å². The van der Waals surface area contributed by atoms with Crippen LogP contribution in [0, 0.1) is 18.6 Å². The third kappa shape index (κ3) is 2.88. The van der Waals surface area contributed by atoms with Crippen molar-refractivity contribution in [2.24, 2.45) is 0 Å². The van der Waals surface area contributed by atoms with Crippen molar-refractivity contribution in [2.75, 3.05) is 0 Å². The molecule has 2 aromatic rings. The van der Waals surface area contributed by atoms with Crippen LogP contribution in [0.1, 0.15) is 24.0 Å². The molecule has 0 aromatic heterocycles. The molecule has 1 N–H and O–H groups in total. The lowest BCUT2D eigenvalue weighted by molar-refractivity contribution is 0.595. The van der Waals surface area contributed by atoms with Crippen LogP contribution in [-0.4, -0.2) is 6.04 Å². The van der Waals surface area contributed by atoms with Crippen molar-refractivity contribution in [3.63, 3.8) is 0 Å². The van der Waals surface area contributed by atoms with Crippen molar-refractivity contribution in [1.82, 2.24) is 5.32 Å². The molecule has 1 fully saturated rings. The van der Waals surface area contributed by atoms with Crippen molar-refractivity contribution in [2.45, 2.75) is 32.4 Å². The summed E-state index contributed by atoms with van der Waals surface area (Å²) >= 11 is 0. The smallest absolute Gasteiger partial charge is 0.131 e. The Kier molecular flexibility index (Phi) is 3.53. The van der Waals surface area contributed by atoms with E-state index < -0.39 is 0 Å². The lowest BCUT2D eigenvalue weighted by atomic mass is 10.0. The summed E-state index contributed by atoms with van der Waals surface area (Å²) in [5, 5.41) is 3.43. The van der Waals surface area contributed by atoms with Crippen LogP contribution in [0.3, 0.4) is 0 Å². The highest BCUT2D eigenvalue weighted by Gasteiger charge is 2.19. The fraction of sp³-hybridized carbons (Fsp3) is 0.294. The Balaban J connectivity index is 1.81. The van der Waals surface area contributed by atoms with E-state index in [0.717, 1.165) is 12.1 Å². The summed E-state index contributed by atoms with van der Waals surface area (Å²) in [6.45, 7) is 2.39. The molecule has 0 atom stereocenters. The van der Waals surface area contributed by atoms with Crippen molar-refractivity contribution < 1.29 is 8.78 Å². The van der Waals surface area contributed by atoms with Crippen LogP contribution in [0.2, 0.25) is 0 Å². The molecule has 0 spiro atoms. The van der Waals surface area contributed by atoms with Gasteiger partial charge in [0, 0.05) is 18.2 Å². The predicted octanol–water partition coefficient (Wildman–Crippen LogP) is 4.19. The van der Waals surface area contributed by atoms with E-state index in [1.54, 1.807) is 6.92 Å². The molecule has 1 aliphatic carbocycles. The molecule has 2 aromatic carbocycles. The Hall–Kier alpha value is -1.74. The van der Waals surface area contributed by atoms with E-state index in [1.165, 1.54) is 25.0 Å². The van der Waals surface area contributed by atoms with E-state index in [1.807, 2.05) is 24.3 Å². The molecule has 0 unspecified atom stereocenters. The Morgan fingerprint density at radius 3 is 2.40 bits per heavy atom. The molecule has 0 radical (unpaired) electrons. The van der Waals surface area contributed by atoms with Crippen LogP contribution in [0.25, 0.3) is 11.1 Å². The molecule has 0 heterocycles. The highest BCUT2D eigenvalue weighted by molar-refractivity contribution is 5.65. The number of hydrogen-bond donors (Lipinski definition) is 1. The van der Waals surface area contributed by atoms with Crippen molar-refractivity contribution in [3.8, 4) is 11.1 Å². The summed E-state index contributed by atoms with van der Waals surface area (Å²) in [6.07, 6.45) is 2.51. The molecule has 0 saturated heterocycles. The van der Waals surface area contributed by atoms with Crippen LogP contribution < -0.4 is 5.32 Å². The van der Waals surface area contributed by atoms with Crippen molar-refractivity contribution >= 4 is 0 Å². The molecule has 3 heteroatoms. The molecule has 1 aliphatic rings. The number of nitrogens with one attached hydrogen (secondary N) is 1. The van der Waals surface area contributed by atoms with Crippen molar-refractivity contribution in [1.29, 1.82) is 0 Å². The molecule has 20 heavy (non-hydrogen) atoms. The molecule has 1 saturated carbocycles. The van der Waals surface area contributed by atoms with Gasteiger partial charge in [0.2, 0.25) is 0 Å². The van der Waals surface area contributed by atoms with Gasteiger partial charge in [0.25, 0.3) is 0 Å². The summed E-state index contributed by atoms with van der Waals surface area (Å²) in [5.41, 5.74) is 2.51. The molecule has 104 valence electrons. The highest BCUT2D eigenvalue weighted by Crippen LogP contribution is 2.26. The number of halogens is 2. The monoisotopic (exact) mass is 273 g/mol. The number of hydrogen-bond acceptors (Lipinski definition) is 1. The van der Waals surface area contributed by atoms with Gasteiger partial charge in [0.05, 0.1) is 0 Å². The molecule has 1 nitrogen and oxygen atoms in total. The predicted molar refractivity (Wildman–Crippen MR) is 76.4 cm³/mol. The zero-order chi connectivity index (χ0) is 14.1. The first-order chi connectivity index (χ1) is 9.63. The first kappa shape index (κ1) is 13.3. The fourth-order valence-corrected chi connectivity index (χ4v) is 2.22. The first-order valence-corrected chi connectivity index (χ1v) is 6.92. The van der Waals surface area contributed by atoms with Gasteiger partial charge in [0.15, 0.2) is 0 Å². The van der Waals surface area contributed by atoms with Crippen LogP contribution in [0.5, 0.6) is 0 Å². The van der Waals surface area contributed by atoms with E-state index in [4.69, 9.17) is 0 Å². The fourth-order valence-electron chi connectivity index (χ4n) is 2.22. The third-order valence-electron chi connectivity index (χ3n) is 3.69. The molecular formula is C17H17F2N. The zero-order valence-electron chi connectivity index (χ0n) is 11.4. The summed E-state index contributed by atoms with van der Waals surface area (Å²) in [5.74, 6) is -0.756. The average Bonchev–Trinajstić information content (AvgIpc) is 3.25. The van der Waals surface area contributed by atoms with Crippen LogP contribution in [0.4, 0.5) is 8.78 Å². The van der Waals surface area contributed by atoms with Crippen LogP contribution in [0.15, 0.2) is 36.4 Å². The highest BCUT2D eigenvalue weighted by atomic mass is 19.1. The molecule has 0 aliphatic heterocycles. The maximum absolute atomic E-state index is 13.9. The van der Waals surface area contributed by atoms with Crippen LogP contribution in [-0.2, 0) is 6.54 Å². The summed E-state index contributed by atoms with van der Waals surface area (Å²) in [6, 6.07) is 10.8. The molecule has 3 rings (SSSR count). The minimum Gasteiger partial charge on any atom is -0.310 e. The van der Waals surface area contributed by atoms with E-state index in [2.05, 4.69) is 5.32 Å². The lowest BCUT2D eigenvalue weighted by Crippen LogP contribution is -2.15. The van der Waals surface area contributed by atoms with E-state index in [0.29, 0.717) is 22.7 Å². The quantitative estimate of drug-likeness (QED) is 0.880. The van der Waals surface area contributed by atoms with Gasteiger partial charge in [-0.2, -0.15) is 0 Å². The average molecular weight is 273 g/mol. The van der Waals surface area contributed by atoms with E-state index in [-0.39, 0.29) is 11.6 Å². The maximum atomic E-state index is 13.9. The summed E-state index contributed by atoms with van der Waals surface area (Å²) < 4.78 is 27.5. The van der Waals surface area contributed by atoms with Crippen molar-refractivity contribution in [3.05, 3.63) is 59.2 Å². The van der Waals surface area contributed by atoms with Gasteiger partial charge in [-0.1, -0.05) is 24.3 Å². The summed E-state index contributed by atoms with van der Waals surface area (Å²) in [4.78, 5) is 0. The second-order valence-electron chi connectivity index (χ2n) is 5.43. The van der Waals surface area contributed by atoms with Gasteiger partial charge < -0.3 is 5.32 Å². The third-order valence-corrected chi connectivity index (χ3v) is 3.69. The number of rotatable bonds is 4. The normalized spacial score (nSPS) is 14.6. The number of aryl methyl sites for hydroxylation is 1. The molecular weight excluding hydrogens is 256 g/mol. The largest absolute Gasteiger partial charge is 0.310 e.